The van der Waals surface area contributed by atoms with Crippen LogP contribution in [0, 0.1) is 0 Å². The minimum atomic E-state index is -1.85. The Labute approximate surface area is 264 Å². The number of carbonyl (C=O) groups is 5. The molecule has 0 aromatic carbocycles. The van der Waals surface area contributed by atoms with Crippen molar-refractivity contribution in [2.75, 3.05) is 70.8 Å². The fraction of sp³-hybridized carbons (Fsp3) is 0.808. The molecular weight excluding hydrogens is 626 g/mol. The molecule has 3 amide bonds. The van der Waals surface area contributed by atoms with E-state index in [2.05, 4.69) is 16.0 Å². The first kappa shape index (κ1) is 38.1. The molecule has 0 spiro atoms. The van der Waals surface area contributed by atoms with Gasteiger partial charge in [0.1, 0.15) is 6.10 Å². The average molecular weight is 670 g/mol. The number of ether oxygens (including phenoxy) is 8. The van der Waals surface area contributed by atoms with E-state index in [0.717, 1.165) is 25.2 Å². The van der Waals surface area contributed by atoms with Gasteiger partial charge in [-0.15, -0.1) is 0 Å². The minimum Gasteiger partial charge on any atom is -0.477 e. The van der Waals surface area contributed by atoms with E-state index in [1.54, 1.807) is 11.8 Å². The maximum absolute atomic E-state index is 12.4. The predicted molar refractivity (Wildman–Crippen MR) is 154 cm³/mol. The molecule has 0 aromatic heterocycles. The van der Waals surface area contributed by atoms with Crippen LogP contribution >= 0.6 is 11.8 Å². The van der Waals surface area contributed by atoms with Gasteiger partial charge in [0.25, 0.3) is 11.6 Å². The van der Waals surface area contributed by atoms with Gasteiger partial charge in [-0.3, -0.25) is 0 Å². The number of carboxylic acid groups (broad SMARTS) is 2. The van der Waals surface area contributed by atoms with E-state index in [-0.39, 0.29) is 39.5 Å². The second-order valence-electron chi connectivity index (χ2n) is 10.1. The van der Waals surface area contributed by atoms with Gasteiger partial charge in [0.2, 0.25) is 0 Å². The number of carbonyl (C=O) groups excluding carboxylic acids is 3. The third-order valence-corrected chi connectivity index (χ3v) is 7.24. The van der Waals surface area contributed by atoms with Gasteiger partial charge in [-0.05, 0) is 18.6 Å². The third-order valence-electron chi connectivity index (χ3n) is 6.17. The Morgan fingerprint density at radius 2 is 1.27 bits per heavy atom. The van der Waals surface area contributed by atoms with Crippen molar-refractivity contribution in [3.63, 3.8) is 0 Å². The molecular formula is C26H43N3O15S. The number of aliphatic carboxylic acids is 2. The minimum absolute atomic E-state index is 0.226. The number of rotatable bonds is 18. The maximum Gasteiger partial charge on any atom is 0.407 e. The van der Waals surface area contributed by atoms with E-state index in [1.165, 1.54) is 13.8 Å². The number of hydrogen-bond acceptors (Lipinski definition) is 14. The number of hydrogen-bond donors (Lipinski definition) is 5. The molecule has 18 nitrogen and oxygen atoms in total. The lowest BCUT2D eigenvalue weighted by Gasteiger charge is -2.34. The van der Waals surface area contributed by atoms with Crippen molar-refractivity contribution in [1.82, 2.24) is 16.0 Å². The van der Waals surface area contributed by atoms with Crippen LogP contribution in [0.15, 0.2) is 0 Å². The maximum atomic E-state index is 12.4. The average Bonchev–Trinajstić information content (AvgIpc) is 3.00. The van der Waals surface area contributed by atoms with Crippen molar-refractivity contribution in [2.24, 2.45) is 0 Å². The molecule has 0 atom stereocenters. The van der Waals surface area contributed by atoms with Gasteiger partial charge in [-0.2, -0.15) is 11.8 Å². The first-order chi connectivity index (χ1) is 21.4. The van der Waals surface area contributed by atoms with Crippen LogP contribution in [0.3, 0.4) is 0 Å². The van der Waals surface area contributed by atoms with Crippen molar-refractivity contribution in [3.05, 3.63) is 0 Å². The second kappa shape index (κ2) is 19.4. The van der Waals surface area contributed by atoms with E-state index in [9.17, 15) is 24.0 Å². The van der Waals surface area contributed by atoms with Crippen LogP contribution in [0.25, 0.3) is 0 Å². The lowest BCUT2D eigenvalue weighted by Crippen LogP contribution is -2.52. The van der Waals surface area contributed by atoms with Crippen LogP contribution in [0.5, 0.6) is 0 Å². The summed E-state index contributed by atoms with van der Waals surface area (Å²) >= 11 is 1.63. The summed E-state index contributed by atoms with van der Waals surface area (Å²) in [6, 6.07) is 0. The highest BCUT2D eigenvalue weighted by atomic mass is 32.2. The molecule has 0 saturated carbocycles. The highest BCUT2D eigenvalue weighted by Crippen LogP contribution is 2.21. The standard InChI is InChI=1S/C26H43N3O15S/c1-4-7-37-8-5-9-45-10-6-27-22(34)42-17(11-28-23(35)43-18-13-38-25(2,20(30)31)39-14-18)12-29-24(36)44-19-15-40-26(3,21(32)33)41-16-19/h17-19H,4-16H2,1-3H3,(H,27,34)(H,28,35)(H,29,36)(H,30,31)(H,32,33). The van der Waals surface area contributed by atoms with Gasteiger partial charge >= 0.3 is 30.2 Å². The fourth-order valence-electron chi connectivity index (χ4n) is 3.54. The van der Waals surface area contributed by atoms with Gasteiger partial charge < -0.3 is 64.1 Å². The molecule has 19 heteroatoms. The predicted octanol–water partition coefficient (Wildman–Crippen LogP) is 0.516. The van der Waals surface area contributed by atoms with E-state index in [4.69, 9.17) is 48.1 Å². The number of carboxylic acids is 2. The van der Waals surface area contributed by atoms with E-state index >= 15 is 0 Å². The molecule has 45 heavy (non-hydrogen) atoms. The Balaban J connectivity index is 1.79. The SMILES string of the molecule is CCCOCCCSCCNC(=O)OC(CNC(=O)OC1COC(C)(C(=O)O)OC1)CNC(=O)OC1COC(C)(C(=O)O)OC1. The largest absolute Gasteiger partial charge is 0.477 e. The van der Waals surface area contributed by atoms with Crippen molar-refractivity contribution in [3.8, 4) is 0 Å². The summed E-state index contributed by atoms with van der Waals surface area (Å²) in [5.74, 6) is -4.87. The lowest BCUT2D eigenvalue weighted by atomic mass is 10.2. The first-order valence-electron chi connectivity index (χ1n) is 14.4. The number of thioether (sulfide) groups is 1. The summed E-state index contributed by atoms with van der Waals surface area (Å²) in [6.07, 6.45) is -3.67. The van der Waals surface area contributed by atoms with E-state index < -0.39 is 60.1 Å². The topological polar surface area (TPSA) is 236 Å². The molecule has 2 saturated heterocycles. The summed E-state index contributed by atoms with van der Waals surface area (Å²) in [6.45, 7) is 4.72. The Bertz CT molecular complexity index is 913. The van der Waals surface area contributed by atoms with E-state index in [1.807, 2.05) is 6.92 Å². The molecule has 0 aliphatic carbocycles. The molecule has 258 valence electrons. The summed E-state index contributed by atoms with van der Waals surface area (Å²) in [7, 11) is 0. The number of amides is 3. The summed E-state index contributed by atoms with van der Waals surface area (Å²) < 4.78 is 41.7. The van der Waals surface area contributed by atoms with Gasteiger partial charge in [-0.1, -0.05) is 6.92 Å². The molecule has 2 aliphatic heterocycles. The van der Waals surface area contributed by atoms with Crippen LogP contribution in [-0.4, -0.2) is 141 Å². The van der Waals surface area contributed by atoms with E-state index in [0.29, 0.717) is 18.9 Å². The first-order valence-corrected chi connectivity index (χ1v) is 15.5. The highest BCUT2D eigenvalue weighted by molar-refractivity contribution is 7.99. The van der Waals surface area contributed by atoms with Crippen LogP contribution in [-0.2, 0) is 47.5 Å². The molecule has 0 bridgehead atoms. The normalized spacial score (nSPS) is 25.3. The molecule has 5 N–H and O–H groups in total. The quantitative estimate of drug-likeness (QED) is 0.0988. The highest BCUT2D eigenvalue weighted by Gasteiger charge is 2.42. The number of nitrogens with one attached hydrogen (secondary N) is 3. The van der Waals surface area contributed by atoms with Crippen molar-refractivity contribution in [2.45, 2.75) is 63.5 Å². The van der Waals surface area contributed by atoms with Crippen LogP contribution in [0.2, 0.25) is 0 Å². The van der Waals surface area contributed by atoms with Crippen molar-refractivity contribution in [1.29, 1.82) is 0 Å². The summed E-state index contributed by atoms with van der Waals surface area (Å²) in [5.41, 5.74) is 0. The second-order valence-corrected chi connectivity index (χ2v) is 11.3. The molecule has 2 aliphatic rings. The van der Waals surface area contributed by atoms with Gasteiger partial charge in [0, 0.05) is 39.4 Å². The molecule has 2 heterocycles. The zero-order valence-corrected chi connectivity index (χ0v) is 26.4. The molecule has 0 aromatic rings. The Hall–Kier alpha value is -3.10. The molecule has 0 radical (unpaired) electrons. The molecule has 2 fully saturated rings. The van der Waals surface area contributed by atoms with Crippen molar-refractivity contribution >= 4 is 42.0 Å². The Kier molecular flexibility index (Phi) is 16.4. The summed E-state index contributed by atoms with van der Waals surface area (Å²) in [5, 5.41) is 25.7. The zero-order chi connectivity index (χ0) is 33.3. The molecule has 2 rings (SSSR count). The fourth-order valence-corrected chi connectivity index (χ4v) is 4.31. The monoisotopic (exact) mass is 669 g/mol. The molecule has 0 unspecified atom stereocenters. The lowest BCUT2D eigenvalue weighted by molar-refractivity contribution is -0.278. The smallest absolute Gasteiger partial charge is 0.407 e. The van der Waals surface area contributed by atoms with Crippen molar-refractivity contribution < 1.29 is 72.1 Å². The number of alkyl carbamates (subject to hydrolysis) is 3. The van der Waals surface area contributed by atoms with Crippen LogP contribution < -0.4 is 16.0 Å². The zero-order valence-electron chi connectivity index (χ0n) is 25.5. The third kappa shape index (κ3) is 14.3. The van der Waals surface area contributed by atoms with Crippen LogP contribution in [0.1, 0.15) is 33.6 Å². The summed E-state index contributed by atoms with van der Waals surface area (Å²) in [4.78, 5) is 59.5. The van der Waals surface area contributed by atoms with Gasteiger partial charge in [-0.25, -0.2) is 24.0 Å². The van der Waals surface area contributed by atoms with Gasteiger partial charge in [0.05, 0.1) is 39.5 Å². The Morgan fingerprint density at radius 1 is 0.778 bits per heavy atom. The Morgan fingerprint density at radius 3 is 1.71 bits per heavy atom. The van der Waals surface area contributed by atoms with Gasteiger partial charge in [0.15, 0.2) is 12.2 Å². The van der Waals surface area contributed by atoms with Crippen LogP contribution in [0.4, 0.5) is 14.4 Å².